The fraction of sp³-hybridized carbons (Fsp3) is 0.423. The van der Waals surface area contributed by atoms with Gasteiger partial charge in [0.1, 0.15) is 12.6 Å². The van der Waals surface area contributed by atoms with Crippen LogP contribution in [0.4, 0.5) is 5.69 Å². The zero-order valence-corrected chi connectivity index (χ0v) is 22.3. The third kappa shape index (κ3) is 7.92. The number of nitrogens with zero attached hydrogens (tertiary/aromatic N) is 2. The highest BCUT2D eigenvalue weighted by Gasteiger charge is 2.31. The number of sulfonamides is 1. The molecule has 35 heavy (non-hydrogen) atoms. The summed E-state index contributed by atoms with van der Waals surface area (Å²) >= 11 is 0. The number of hydrogen-bond donors (Lipinski definition) is 1. The Hall–Kier alpha value is -3.20. The lowest BCUT2D eigenvalue weighted by atomic mass is 10.1. The number of anilines is 1. The standard InChI is InChI=1S/C26H35N3O5S/c1-18-11-8-9-12-22(18)16-28(19(2)25(32)27-26(4,5)6)24(31)17-29(35(7,33)34)23-14-10-13-21(15-23)20(3)30/h8-15,19H,16-17H2,1-7H3,(H,27,32)/t19-/m0/s1. The van der Waals surface area contributed by atoms with Gasteiger partial charge in [-0.05, 0) is 64.8 Å². The smallest absolute Gasteiger partial charge is 0.244 e. The Morgan fingerprint density at radius 1 is 1.03 bits per heavy atom. The van der Waals surface area contributed by atoms with E-state index in [-0.39, 0.29) is 23.9 Å². The maximum atomic E-state index is 13.6. The number of carbonyl (C=O) groups is 3. The summed E-state index contributed by atoms with van der Waals surface area (Å²) in [5, 5.41) is 2.89. The Labute approximate surface area is 208 Å². The van der Waals surface area contributed by atoms with E-state index < -0.39 is 34.1 Å². The number of benzene rings is 2. The second kappa shape index (κ2) is 11.0. The van der Waals surface area contributed by atoms with E-state index in [9.17, 15) is 22.8 Å². The molecule has 0 radical (unpaired) electrons. The largest absolute Gasteiger partial charge is 0.350 e. The van der Waals surface area contributed by atoms with Crippen LogP contribution in [0.5, 0.6) is 0 Å². The van der Waals surface area contributed by atoms with Crippen LogP contribution in [0, 0.1) is 6.92 Å². The summed E-state index contributed by atoms with van der Waals surface area (Å²) in [4.78, 5) is 39.8. The molecule has 0 aliphatic rings. The molecule has 2 aromatic rings. The fourth-order valence-electron chi connectivity index (χ4n) is 3.52. The molecule has 0 bridgehead atoms. The van der Waals surface area contributed by atoms with Crippen LogP contribution in [0.2, 0.25) is 0 Å². The summed E-state index contributed by atoms with van der Waals surface area (Å²) < 4.78 is 26.3. The first-order valence-electron chi connectivity index (χ1n) is 11.3. The molecule has 0 fully saturated rings. The van der Waals surface area contributed by atoms with Gasteiger partial charge in [0.15, 0.2) is 5.78 Å². The normalized spacial score (nSPS) is 12.5. The van der Waals surface area contributed by atoms with Crippen molar-refractivity contribution in [2.75, 3.05) is 17.1 Å². The molecule has 0 aromatic heterocycles. The molecule has 0 aliphatic heterocycles. The number of hydrogen-bond acceptors (Lipinski definition) is 5. The molecule has 2 aromatic carbocycles. The molecule has 0 spiro atoms. The van der Waals surface area contributed by atoms with Crippen LogP contribution < -0.4 is 9.62 Å². The van der Waals surface area contributed by atoms with Crippen molar-refractivity contribution in [3.63, 3.8) is 0 Å². The maximum absolute atomic E-state index is 13.6. The summed E-state index contributed by atoms with van der Waals surface area (Å²) in [5.74, 6) is -1.10. The van der Waals surface area contributed by atoms with Gasteiger partial charge in [-0.2, -0.15) is 0 Å². The average molecular weight is 502 g/mol. The molecule has 9 heteroatoms. The van der Waals surface area contributed by atoms with Crippen molar-refractivity contribution in [2.24, 2.45) is 0 Å². The van der Waals surface area contributed by atoms with Gasteiger partial charge in [0.05, 0.1) is 11.9 Å². The highest BCUT2D eigenvalue weighted by atomic mass is 32.2. The molecule has 0 saturated carbocycles. The average Bonchev–Trinajstić information content (AvgIpc) is 2.74. The van der Waals surface area contributed by atoms with E-state index in [0.29, 0.717) is 5.56 Å². The highest BCUT2D eigenvalue weighted by molar-refractivity contribution is 7.92. The van der Waals surface area contributed by atoms with Crippen molar-refractivity contribution in [1.82, 2.24) is 10.2 Å². The molecule has 0 aliphatic carbocycles. The van der Waals surface area contributed by atoms with Crippen molar-refractivity contribution in [1.29, 1.82) is 0 Å². The van der Waals surface area contributed by atoms with Gasteiger partial charge >= 0.3 is 0 Å². The van der Waals surface area contributed by atoms with Gasteiger partial charge in [0.2, 0.25) is 21.8 Å². The predicted molar refractivity (Wildman–Crippen MR) is 138 cm³/mol. The lowest BCUT2D eigenvalue weighted by molar-refractivity contribution is -0.140. The summed E-state index contributed by atoms with van der Waals surface area (Å²) in [7, 11) is -3.87. The van der Waals surface area contributed by atoms with E-state index in [4.69, 9.17) is 0 Å². The Morgan fingerprint density at radius 2 is 1.66 bits per heavy atom. The lowest BCUT2D eigenvalue weighted by Crippen LogP contribution is -2.54. The third-order valence-corrected chi connectivity index (χ3v) is 6.63. The quantitative estimate of drug-likeness (QED) is 0.531. The molecule has 8 nitrogen and oxygen atoms in total. The number of carbonyl (C=O) groups excluding carboxylic acids is 3. The molecule has 2 rings (SSSR count). The van der Waals surface area contributed by atoms with Gasteiger partial charge in [0, 0.05) is 17.6 Å². The molecule has 2 amide bonds. The van der Waals surface area contributed by atoms with Crippen LogP contribution in [-0.2, 0) is 26.2 Å². The number of amides is 2. The van der Waals surface area contributed by atoms with Crippen LogP contribution in [0.1, 0.15) is 56.1 Å². The van der Waals surface area contributed by atoms with Crippen LogP contribution in [0.15, 0.2) is 48.5 Å². The molecule has 0 saturated heterocycles. The number of aryl methyl sites for hydroxylation is 1. The number of nitrogens with one attached hydrogen (secondary N) is 1. The first-order chi connectivity index (χ1) is 16.1. The molecule has 0 heterocycles. The topological polar surface area (TPSA) is 104 Å². The first-order valence-corrected chi connectivity index (χ1v) is 13.2. The minimum Gasteiger partial charge on any atom is -0.350 e. The highest BCUT2D eigenvalue weighted by Crippen LogP contribution is 2.21. The van der Waals surface area contributed by atoms with Crippen molar-refractivity contribution < 1.29 is 22.8 Å². The van der Waals surface area contributed by atoms with Crippen molar-refractivity contribution >= 4 is 33.3 Å². The van der Waals surface area contributed by atoms with Gasteiger partial charge in [-0.15, -0.1) is 0 Å². The Balaban J connectivity index is 2.46. The van der Waals surface area contributed by atoms with Gasteiger partial charge in [-0.3, -0.25) is 18.7 Å². The predicted octanol–water partition coefficient (Wildman–Crippen LogP) is 3.30. The zero-order chi connectivity index (χ0) is 26.6. The molecule has 1 N–H and O–H groups in total. The lowest BCUT2D eigenvalue weighted by Gasteiger charge is -2.33. The van der Waals surface area contributed by atoms with Crippen LogP contribution in [0.3, 0.4) is 0 Å². The van der Waals surface area contributed by atoms with Crippen molar-refractivity contribution in [2.45, 2.75) is 59.7 Å². The number of rotatable bonds is 9. The summed E-state index contributed by atoms with van der Waals surface area (Å²) in [6, 6.07) is 12.8. The van der Waals surface area contributed by atoms with Crippen LogP contribution in [-0.4, -0.2) is 55.3 Å². The monoisotopic (exact) mass is 501 g/mol. The van der Waals surface area contributed by atoms with E-state index in [1.54, 1.807) is 19.1 Å². The maximum Gasteiger partial charge on any atom is 0.244 e. The molecule has 1 atom stereocenters. The van der Waals surface area contributed by atoms with Crippen molar-refractivity contribution in [3.8, 4) is 0 Å². The number of Topliss-reactive ketones (excluding diaryl/α,β-unsaturated/α-hetero) is 1. The zero-order valence-electron chi connectivity index (χ0n) is 21.5. The molecular formula is C26H35N3O5S. The molecule has 190 valence electrons. The van der Waals surface area contributed by atoms with Gasteiger partial charge < -0.3 is 10.2 Å². The first kappa shape index (κ1) is 28.0. The Morgan fingerprint density at radius 3 is 2.20 bits per heavy atom. The van der Waals surface area contributed by atoms with Gasteiger partial charge in [-0.25, -0.2) is 8.42 Å². The number of ketones is 1. The van der Waals surface area contributed by atoms with Gasteiger partial charge in [-0.1, -0.05) is 36.4 Å². The molecular weight excluding hydrogens is 466 g/mol. The third-order valence-electron chi connectivity index (χ3n) is 5.49. The summed E-state index contributed by atoms with van der Waals surface area (Å²) in [6.07, 6.45) is 1.00. The van der Waals surface area contributed by atoms with Crippen LogP contribution in [0.25, 0.3) is 0 Å². The van der Waals surface area contributed by atoms with Gasteiger partial charge in [0.25, 0.3) is 0 Å². The SMILES string of the molecule is CC(=O)c1cccc(N(CC(=O)N(Cc2ccccc2C)[C@@H](C)C(=O)NC(C)(C)C)S(C)(=O)=O)c1. The van der Waals surface area contributed by atoms with Crippen LogP contribution >= 0.6 is 0 Å². The summed E-state index contributed by atoms with van der Waals surface area (Å²) in [5.41, 5.74) is 1.83. The van der Waals surface area contributed by atoms with E-state index in [1.807, 2.05) is 52.0 Å². The Bertz CT molecular complexity index is 1200. The second-order valence-electron chi connectivity index (χ2n) is 9.74. The minimum absolute atomic E-state index is 0.134. The van der Waals surface area contributed by atoms with Crippen molar-refractivity contribution in [3.05, 3.63) is 65.2 Å². The Kier molecular flexibility index (Phi) is 8.84. The van der Waals surface area contributed by atoms with E-state index in [1.165, 1.54) is 24.0 Å². The molecule has 0 unspecified atom stereocenters. The minimum atomic E-state index is -3.87. The van der Waals surface area contributed by atoms with E-state index >= 15 is 0 Å². The fourth-order valence-corrected chi connectivity index (χ4v) is 4.36. The second-order valence-corrected chi connectivity index (χ2v) is 11.6. The van der Waals surface area contributed by atoms with E-state index in [2.05, 4.69) is 5.32 Å². The summed E-state index contributed by atoms with van der Waals surface area (Å²) in [6.45, 7) is 10.1. The van der Waals surface area contributed by atoms with E-state index in [0.717, 1.165) is 21.7 Å².